The van der Waals surface area contributed by atoms with E-state index in [9.17, 15) is 22.8 Å². The average Bonchev–Trinajstić information content (AvgIpc) is 2.99. The lowest BCUT2D eigenvalue weighted by atomic mass is 10.0. The van der Waals surface area contributed by atoms with Gasteiger partial charge in [-0.1, -0.05) is 23.8 Å². The van der Waals surface area contributed by atoms with Gasteiger partial charge in [-0.25, -0.2) is 0 Å². The number of aryl methyl sites for hydroxylation is 2. The minimum Gasteiger partial charge on any atom is -0.379 e. The van der Waals surface area contributed by atoms with Crippen molar-refractivity contribution < 1.29 is 27.0 Å². The Morgan fingerprint density at radius 1 is 1.10 bits per heavy atom. The van der Waals surface area contributed by atoms with E-state index >= 15 is 0 Å². The van der Waals surface area contributed by atoms with Gasteiger partial charge in [0.15, 0.2) is 0 Å². The van der Waals surface area contributed by atoms with Crippen molar-refractivity contribution in [2.24, 2.45) is 0 Å². The second-order valence-electron chi connectivity index (χ2n) is 7.49. The van der Waals surface area contributed by atoms with Crippen LogP contribution >= 0.6 is 0 Å². The molecule has 0 aromatic heterocycles. The van der Waals surface area contributed by atoms with Crippen LogP contribution in [0.25, 0.3) is 0 Å². The smallest absolute Gasteiger partial charge is 0.339 e. The normalized spacial score (nSPS) is 18.9. The molecule has 4 rings (SSSR count). The molecular formula is C21H20N2O6S. The van der Waals surface area contributed by atoms with Crippen molar-refractivity contribution in [3.8, 4) is 5.75 Å². The molecule has 1 N–H and O–H groups in total. The number of imide groups is 1. The van der Waals surface area contributed by atoms with Gasteiger partial charge in [0.2, 0.25) is 11.8 Å². The lowest BCUT2D eigenvalue weighted by Crippen LogP contribution is -2.52. The largest absolute Gasteiger partial charge is 0.379 e. The van der Waals surface area contributed by atoms with E-state index in [0.717, 1.165) is 5.56 Å². The Labute approximate surface area is 174 Å². The molecule has 9 heteroatoms. The fourth-order valence-corrected chi connectivity index (χ4v) is 5.05. The highest BCUT2D eigenvalue weighted by Crippen LogP contribution is 2.35. The number of piperidine rings is 1. The van der Waals surface area contributed by atoms with Gasteiger partial charge in [-0.3, -0.25) is 19.7 Å². The van der Waals surface area contributed by atoms with E-state index in [0.29, 0.717) is 11.1 Å². The summed E-state index contributed by atoms with van der Waals surface area (Å²) in [6.45, 7) is 3.58. The van der Waals surface area contributed by atoms with Crippen molar-refractivity contribution in [1.82, 2.24) is 10.2 Å². The first-order valence-corrected chi connectivity index (χ1v) is 10.9. The molecule has 1 fully saturated rings. The van der Waals surface area contributed by atoms with Gasteiger partial charge in [0.1, 0.15) is 16.7 Å². The van der Waals surface area contributed by atoms with Crippen LogP contribution in [-0.2, 0) is 26.3 Å². The van der Waals surface area contributed by atoms with Gasteiger partial charge in [-0.15, -0.1) is 0 Å². The van der Waals surface area contributed by atoms with Gasteiger partial charge in [0.25, 0.3) is 5.91 Å². The molecule has 8 nitrogen and oxygen atoms in total. The minimum absolute atomic E-state index is 0.0268. The fourth-order valence-electron chi connectivity index (χ4n) is 3.88. The Balaban J connectivity index is 1.64. The first kappa shape index (κ1) is 20.1. The number of fused-ring (bicyclic) bond motifs is 1. The van der Waals surface area contributed by atoms with Crippen LogP contribution in [0.1, 0.15) is 39.9 Å². The molecule has 1 unspecified atom stereocenters. The highest BCUT2D eigenvalue weighted by molar-refractivity contribution is 7.87. The monoisotopic (exact) mass is 428 g/mol. The Hall–Kier alpha value is -3.20. The van der Waals surface area contributed by atoms with Crippen molar-refractivity contribution >= 4 is 27.8 Å². The number of carbonyl (C=O) groups excluding carboxylic acids is 3. The number of nitrogens with zero attached hydrogens (tertiary/aromatic N) is 1. The maximum atomic E-state index is 12.9. The van der Waals surface area contributed by atoms with Crippen LogP contribution in [0.2, 0.25) is 0 Å². The SMILES string of the molecule is Cc1ccc(S(=O)(=O)Oc2cccc3c2CN(C2CCC(=O)NC2=O)C3=O)c(C)c1. The van der Waals surface area contributed by atoms with Crippen molar-refractivity contribution in [1.29, 1.82) is 0 Å². The number of carbonyl (C=O) groups is 3. The quantitative estimate of drug-likeness (QED) is 0.588. The van der Waals surface area contributed by atoms with Gasteiger partial charge in [0, 0.05) is 17.5 Å². The zero-order valence-corrected chi connectivity index (χ0v) is 17.3. The summed E-state index contributed by atoms with van der Waals surface area (Å²) in [7, 11) is -4.11. The molecule has 156 valence electrons. The third-order valence-electron chi connectivity index (χ3n) is 5.34. The van der Waals surface area contributed by atoms with E-state index < -0.39 is 28.0 Å². The molecule has 2 aromatic rings. The molecule has 0 radical (unpaired) electrons. The molecule has 2 aliphatic rings. The molecule has 3 amide bonds. The molecule has 0 spiro atoms. The Morgan fingerprint density at radius 3 is 2.57 bits per heavy atom. The standard InChI is InChI=1S/C21H20N2O6S/c1-12-6-8-18(13(2)10-12)30(27,28)29-17-5-3-4-14-15(17)11-23(21(14)26)16-7-9-19(24)22-20(16)25/h3-6,8,10,16H,7,9,11H2,1-2H3,(H,22,24,25). The molecule has 1 atom stereocenters. The lowest BCUT2D eigenvalue weighted by molar-refractivity contribution is -0.136. The van der Waals surface area contributed by atoms with Gasteiger partial charge in [-0.05, 0) is 44.0 Å². The predicted molar refractivity (Wildman–Crippen MR) is 106 cm³/mol. The molecule has 1 saturated heterocycles. The number of benzene rings is 2. The summed E-state index contributed by atoms with van der Waals surface area (Å²) in [6, 6.07) is 8.74. The maximum Gasteiger partial charge on any atom is 0.339 e. The summed E-state index contributed by atoms with van der Waals surface area (Å²) in [5.41, 5.74) is 2.18. The van der Waals surface area contributed by atoms with Crippen LogP contribution in [-0.4, -0.2) is 37.1 Å². The number of nitrogens with one attached hydrogen (secondary N) is 1. The Kier molecular flexibility index (Phi) is 4.85. The summed E-state index contributed by atoms with van der Waals surface area (Å²) < 4.78 is 31.1. The molecule has 30 heavy (non-hydrogen) atoms. The summed E-state index contributed by atoms with van der Waals surface area (Å²) >= 11 is 0. The van der Waals surface area contributed by atoms with Gasteiger partial charge in [0.05, 0.1) is 6.54 Å². The van der Waals surface area contributed by atoms with E-state index in [1.54, 1.807) is 25.1 Å². The Morgan fingerprint density at radius 2 is 1.87 bits per heavy atom. The predicted octanol–water partition coefficient (Wildman–Crippen LogP) is 1.83. The molecule has 0 bridgehead atoms. The van der Waals surface area contributed by atoms with Gasteiger partial charge >= 0.3 is 10.1 Å². The third-order valence-corrected chi connectivity index (χ3v) is 6.73. The minimum atomic E-state index is -4.11. The van der Waals surface area contributed by atoms with Crippen LogP contribution < -0.4 is 9.50 Å². The van der Waals surface area contributed by atoms with Gasteiger partial charge < -0.3 is 9.08 Å². The summed E-state index contributed by atoms with van der Waals surface area (Å²) in [5, 5.41) is 2.24. The maximum absolute atomic E-state index is 12.9. The van der Waals surface area contributed by atoms with Crippen LogP contribution in [0.15, 0.2) is 41.3 Å². The van der Waals surface area contributed by atoms with Crippen molar-refractivity contribution in [2.75, 3.05) is 0 Å². The number of rotatable bonds is 4. The van der Waals surface area contributed by atoms with Crippen LogP contribution in [0, 0.1) is 13.8 Å². The van der Waals surface area contributed by atoms with Crippen LogP contribution in [0.5, 0.6) is 5.75 Å². The molecule has 0 saturated carbocycles. The molecule has 2 heterocycles. The molecule has 0 aliphatic carbocycles. The summed E-state index contributed by atoms with van der Waals surface area (Å²) in [4.78, 5) is 37.9. The first-order valence-electron chi connectivity index (χ1n) is 9.45. The van der Waals surface area contributed by atoms with E-state index in [-0.39, 0.29) is 41.5 Å². The topological polar surface area (TPSA) is 110 Å². The molecule has 2 aliphatic heterocycles. The zero-order valence-electron chi connectivity index (χ0n) is 16.5. The summed E-state index contributed by atoms with van der Waals surface area (Å²) in [6.07, 6.45) is 0.364. The Bertz CT molecular complexity index is 1190. The van der Waals surface area contributed by atoms with Crippen molar-refractivity contribution in [2.45, 2.75) is 44.2 Å². The van der Waals surface area contributed by atoms with E-state index in [2.05, 4.69) is 5.32 Å². The number of hydrogen-bond donors (Lipinski definition) is 1. The van der Waals surface area contributed by atoms with Crippen molar-refractivity contribution in [3.05, 3.63) is 58.7 Å². The number of amides is 3. The van der Waals surface area contributed by atoms with Crippen LogP contribution in [0.3, 0.4) is 0 Å². The molecular weight excluding hydrogens is 408 g/mol. The number of hydrogen-bond acceptors (Lipinski definition) is 6. The fraction of sp³-hybridized carbons (Fsp3) is 0.286. The van der Waals surface area contributed by atoms with E-state index in [1.807, 2.05) is 6.92 Å². The van der Waals surface area contributed by atoms with Gasteiger partial charge in [-0.2, -0.15) is 8.42 Å². The third kappa shape index (κ3) is 3.45. The van der Waals surface area contributed by atoms with E-state index in [1.165, 1.54) is 23.1 Å². The van der Waals surface area contributed by atoms with E-state index in [4.69, 9.17) is 4.18 Å². The van der Waals surface area contributed by atoms with Crippen LogP contribution in [0.4, 0.5) is 0 Å². The zero-order chi connectivity index (χ0) is 21.6. The first-order chi connectivity index (χ1) is 14.2. The second kappa shape index (κ2) is 7.24. The highest BCUT2D eigenvalue weighted by Gasteiger charge is 2.40. The second-order valence-corrected chi connectivity index (χ2v) is 9.00. The van der Waals surface area contributed by atoms with Crippen molar-refractivity contribution in [3.63, 3.8) is 0 Å². The highest BCUT2D eigenvalue weighted by atomic mass is 32.2. The summed E-state index contributed by atoms with van der Waals surface area (Å²) in [5.74, 6) is -1.24. The molecule has 2 aromatic carbocycles. The lowest BCUT2D eigenvalue weighted by Gasteiger charge is -2.29. The average molecular weight is 428 g/mol.